The summed E-state index contributed by atoms with van der Waals surface area (Å²) >= 11 is 0. The Kier molecular flexibility index (Phi) is 6.05. The molecule has 1 saturated carbocycles. The van der Waals surface area contributed by atoms with Crippen molar-refractivity contribution in [2.45, 2.75) is 71.0 Å². The molecule has 0 spiro atoms. The van der Waals surface area contributed by atoms with Crippen LogP contribution in [0, 0.1) is 12.5 Å². The van der Waals surface area contributed by atoms with Gasteiger partial charge in [0.05, 0.1) is 11.6 Å². The van der Waals surface area contributed by atoms with Gasteiger partial charge in [-0.15, -0.1) is 4.98 Å². The highest BCUT2D eigenvalue weighted by Gasteiger charge is 2.41. The molecule has 1 unspecified atom stereocenters. The molecule has 0 N–H and O–H groups in total. The third-order valence-electron chi connectivity index (χ3n) is 7.30. The maximum Gasteiger partial charge on any atom is 0.350 e. The van der Waals surface area contributed by atoms with Crippen molar-refractivity contribution in [1.82, 2.24) is 29.6 Å². The fourth-order valence-corrected chi connectivity index (χ4v) is 5.21. The van der Waals surface area contributed by atoms with Crippen LogP contribution in [0.3, 0.4) is 0 Å². The molecule has 1 aliphatic carbocycles. The molecule has 184 valence electrons. The van der Waals surface area contributed by atoms with Crippen molar-refractivity contribution in [3.05, 3.63) is 45.7 Å². The second-order valence-electron chi connectivity index (χ2n) is 10.1. The van der Waals surface area contributed by atoms with Gasteiger partial charge in [0.1, 0.15) is 0 Å². The number of hydrogen-bond acceptors (Lipinski definition) is 8. The van der Waals surface area contributed by atoms with Gasteiger partial charge >= 0.3 is 5.69 Å². The van der Waals surface area contributed by atoms with Crippen LogP contribution < -0.4 is 10.6 Å². The van der Waals surface area contributed by atoms with Gasteiger partial charge in [-0.1, -0.05) is 32.5 Å². The first kappa shape index (κ1) is 23.4. The Morgan fingerprint density at radius 3 is 2.63 bits per heavy atom. The maximum absolute atomic E-state index is 12.7. The number of aryl methyl sites for hydroxylation is 1. The first-order valence-corrected chi connectivity index (χ1v) is 12.4. The van der Waals surface area contributed by atoms with Gasteiger partial charge in [-0.3, -0.25) is 9.47 Å². The molecule has 2 fully saturated rings. The van der Waals surface area contributed by atoms with E-state index in [9.17, 15) is 4.79 Å². The van der Waals surface area contributed by atoms with Gasteiger partial charge in [-0.05, 0) is 44.2 Å². The van der Waals surface area contributed by atoms with Crippen LogP contribution in [0.4, 0.5) is 11.6 Å². The molecule has 2 aliphatic rings. The lowest BCUT2D eigenvalue weighted by atomic mass is 9.95. The van der Waals surface area contributed by atoms with Crippen LogP contribution in [-0.2, 0) is 7.05 Å². The Bertz CT molecular complexity index is 1340. The van der Waals surface area contributed by atoms with E-state index in [-0.39, 0.29) is 23.8 Å². The molecule has 3 aromatic heterocycles. The van der Waals surface area contributed by atoms with Gasteiger partial charge < -0.3 is 14.3 Å². The van der Waals surface area contributed by atoms with Crippen molar-refractivity contribution >= 4 is 22.7 Å². The summed E-state index contributed by atoms with van der Waals surface area (Å²) < 4.78 is 7.27. The molecule has 3 aromatic rings. The minimum absolute atomic E-state index is 0.0183. The number of anilines is 1. The van der Waals surface area contributed by atoms with E-state index in [4.69, 9.17) is 16.1 Å². The lowest BCUT2D eigenvalue weighted by Gasteiger charge is -2.48. The molecule has 0 amide bonds. The molecule has 35 heavy (non-hydrogen) atoms. The van der Waals surface area contributed by atoms with E-state index >= 15 is 0 Å². The number of aromatic nitrogens is 5. The third-order valence-corrected chi connectivity index (χ3v) is 7.30. The highest BCUT2D eigenvalue weighted by atomic mass is 16.5. The largest absolute Gasteiger partial charge is 0.361 e. The molecule has 3 atom stereocenters. The summed E-state index contributed by atoms with van der Waals surface area (Å²) in [4.78, 5) is 34.6. The van der Waals surface area contributed by atoms with Gasteiger partial charge in [0.2, 0.25) is 11.4 Å². The van der Waals surface area contributed by atoms with E-state index in [0.29, 0.717) is 46.9 Å². The van der Waals surface area contributed by atoms with Crippen LogP contribution in [0.5, 0.6) is 0 Å². The summed E-state index contributed by atoms with van der Waals surface area (Å²) in [5.74, 6) is 3.12. The van der Waals surface area contributed by atoms with E-state index in [1.807, 2.05) is 0 Å². The second-order valence-corrected chi connectivity index (χ2v) is 10.1. The number of fused-ring (bicyclic) bond motifs is 1. The second kappa shape index (κ2) is 9.04. The smallest absolute Gasteiger partial charge is 0.350 e. The summed E-state index contributed by atoms with van der Waals surface area (Å²) in [7, 11) is 1.68. The number of nitrogens with zero attached hydrogens (tertiary/aromatic N) is 8. The van der Waals surface area contributed by atoms with E-state index in [0.717, 1.165) is 31.6 Å². The molecule has 10 heteroatoms. The van der Waals surface area contributed by atoms with E-state index in [1.165, 1.54) is 4.57 Å². The quantitative estimate of drug-likeness (QED) is 0.495. The summed E-state index contributed by atoms with van der Waals surface area (Å²) in [6.45, 7) is 17.5. The van der Waals surface area contributed by atoms with Crippen molar-refractivity contribution in [2.75, 3.05) is 18.0 Å². The average Bonchev–Trinajstić information content (AvgIpc) is 3.59. The van der Waals surface area contributed by atoms with Crippen molar-refractivity contribution in [3.63, 3.8) is 0 Å². The summed E-state index contributed by atoms with van der Waals surface area (Å²) in [5, 5.41) is 4.27. The van der Waals surface area contributed by atoms with Crippen LogP contribution in [0.25, 0.3) is 15.9 Å². The van der Waals surface area contributed by atoms with Crippen LogP contribution in [0.2, 0.25) is 0 Å². The molecule has 1 saturated heterocycles. The predicted molar refractivity (Wildman–Crippen MR) is 132 cm³/mol. The highest BCUT2D eigenvalue weighted by molar-refractivity contribution is 5.87. The Hall–Kier alpha value is -3.32. The summed E-state index contributed by atoms with van der Waals surface area (Å²) in [6, 6.07) is 3.69. The SMILES string of the molecule is [C-]#[N+]c1ccc2c(n1)c(N1C[C@@H](CC)N(C(c3nc(C4CC4)no3)C(C)C)C[C@@H]1C)nc(=O)n2C. The van der Waals surface area contributed by atoms with Crippen molar-refractivity contribution in [1.29, 1.82) is 0 Å². The van der Waals surface area contributed by atoms with Crippen LogP contribution in [0.1, 0.15) is 70.6 Å². The minimum atomic E-state index is -0.328. The molecule has 0 radical (unpaired) electrons. The van der Waals surface area contributed by atoms with Crippen LogP contribution in [0.15, 0.2) is 21.5 Å². The Labute approximate surface area is 204 Å². The van der Waals surface area contributed by atoms with E-state index < -0.39 is 0 Å². The fraction of sp³-hybridized carbons (Fsp3) is 0.600. The molecular formula is C25H32N8O2. The fourth-order valence-electron chi connectivity index (χ4n) is 5.21. The normalized spacial score (nSPS) is 22.0. The monoisotopic (exact) mass is 476 g/mol. The number of rotatable bonds is 6. The zero-order chi connectivity index (χ0) is 24.9. The van der Waals surface area contributed by atoms with Gasteiger partial charge in [-0.25, -0.2) is 4.79 Å². The van der Waals surface area contributed by atoms with Gasteiger partial charge in [0.15, 0.2) is 11.6 Å². The molecule has 1 aliphatic heterocycles. The molecule has 5 rings (SSSR count). The Morgan fingerprint density at radius 1 is 1.20 bits per heavy atom. The standard InChI is InChI=1S/C25H32N8O2/c1-7-17-13-32(23-20-18(31(6)25(34)29-23)10-11-19(26-5)27-20)15(4)12-33(17)21(14(2)3)24-28-22(30-35-24)16-8-9-16/h10-11,14-17,21H,7-9,12-13H2,1-4,6H3/t15-,17+,21?/m0/s1. The molecular weight excluding hydrogens is 444 g/mol. The zero-order valence-corrected chi connectivity index (χ0v) is 21.0. The summed E-state index contributed by atoms with van der Waals surface area (Å²) in [6.07, 6.45) is 3.19. The van der Waals surface area contributed by atoms with Crippen molar-refractivity contribution < 1.29 is 4.52 Å². The Balaban J connectivity index is 1.51. The number of pyridine rings is 1. The Morgan fingerprint density at radius 2 is 1.97 bits per heavy atom. The molecule has 10 nitrogen and oxygen atoms in total. The van der Waals surface area contributed by atoms with Crippen LogP contribution >= 0.6 is 0 Å². The molecule has 0 bridgehead atoms. The van der Waals surface area contributed by atoms with E-state index in [1.54, 1.807) is 19.2 Å². The zero-order valence-electron chi connectivity index (χ0n) is 21.0. The molecule has 0 aromatic carbocycles. The lowest BCUT2D eigenvalue weighted by Crippen LogP contribution is -2.59. The average molecular weight is 477 g/mol. The minimum Gasteiger partial charge on any atom is -0.361 e. The first-order chi connectivity index (χ1) is 16.8. The maximum atomic E-state index is 12.7. The van der Waals surface area contributed by atoms with Gasteiger partial charge in [0.25, 0.3) is 5.82 Å². The van der Waals surface area contributed by atoms with Crippen molar-refractivity contribution in [2.24, 2.45) is 13.0 Å². The summed E-state index contributed by atoms with van der Waals surface area (Å²) in [5.41, 5.74) is 0.932. The third kappa shape index (κ3) is 4.18. The van der Waals surface area contributed by atoms with E-state index in [2.05, 4.69) is 57.5 Å². The predicted octanol–water partition coefficient (Wildman–Crippen LogP) is 3.83. The van der Waals surface area contributed by atoms with Crippen molar-refractivity contribution in [3.8, 4) is 0 Å². The lowest BCUT2D eigenvalue weighted by molar-refractivity contribution is 0.0518. The molecule has 4 heterocycles. The highest BCUT2D eigenvalue weighted by Crippen LogP contribution is 2.40. The van der Waals surface area contributed by atoms with Gasteiger partial charge in [-0.2, -0.15) is 9.97 Å². The topological polar surface area (TPSA) is 97.5 Å². The number of piperazine rings is 1. The van der Waals surface area contributed by atoms with Crippen LogP contribution in [-0.4, -0.2) is 54.7 Å². The first-order valence-electron chi connectivity index (χ1n) is 12.4. The number of hydrogen-bond donors (Lipinski definition) is 0. The van der Waals surface area contributed by atoms with Gasteiger partial charge in [0, 0.05) is 38.1 Å².